The minimum atomic E-state index is -4.94. The van der Waals surface area contributed by atoms with Crippen molar-refractivity contribution in [3.8, 4) is 0 Å². The second kappa shape index (κ2) is 10.3. The summed E-state index contributed by atoms with van der Waals surface area (Å²) in [5, 5.41) is 14.8. The number of rotatable bonds is 0. The number of halogens is 1. The van der Waals surface area contributed by atoms with Crippen molar-refractivity contribution in [3.63, 3.8) is 0 Å². The quantitative estimate of drug-likeness (QED) is 0.228. The van der Waals surface area contributed by atoms with E-state index in [0.717, 1.165) is 0 Å². The molecule has 0 spiro atoms. The van der Waals surface area contributed by atoms with Crippen molar-refractivity contribution < 1.29 is 63.5 Å². The van der Waals surface area contributed by atoms with Crippen LogP contribution in [0.4, 0.5) is 0 Å². The van der Waals surface area contributed by atoms with Gasteiger partial charge in [-0.15, -0.1) is 10.2 Å². The Bertz CT molecular complexity index is 78.9. The second-order valence-electron chi connectivity index (χ2n) is 0.602. The number of nitrogens with zero attached hydrogens (tertiary/aromatic N) is 1. The fourth-order valence-corrected chi connectivity index (χ4v) is 0. The molecule has 0 rings (SSSR count). The monoisotopic (exact) mass is 202 g/mol. The van der Waals surface area contributed by atoms with Crippen LogP contribution in [-0.2, 0) is 0 Å². The molecule has 0 aliphatic carbocycles. The summed E-state index contributed by atoms with van der Waals surface area (Å²) in [4.78, 5) is 8.25. The Kier molecular flexibility index (Phi) is 21.0. The summed E-state index contributed by atoms with van der Waals surface area (Å²) in [7, 11) is -4.94. The van der Waals surface area contributed by atoms with Gasteiger partial charge in [0.05, 0.1) is 5.09 Å². The molecule has 0 amide bonds. The number of quaternary nitrogens is 1. The van der Waals surface area contributed by atoms with Crippen LogP contribution in [0.2, 0.25) is 0 Å². The molecule has 0 radical (unpaired) electrons. The first kappa shape index (κ1) is 22.5. The maximum atomic E-state index is 8.49. The molecule has 0 heterocycles. The summed E-state index contributed by atoms with van der Waals surface area (Å²) >= 11 is 0. The second-order valence-corrected chi connectivity index (χ2v) is 1.36. The zero-order valence-electron chi connectivity index (χ0n) is 5.68. The van der Waals surface area contributed by atoms with E-state index in [9.17, 15) is 0 Å². The third-order valence-corrected chi connectivity index (χ3v) is 0. The minimum absolute atomic E-state index is 0. The van der Waals surface area contributed by atoms with Gasteiger partial charge >= 0.3 is 29.6 Å². The molecule has 64 valence electrons. The fourth-order valence-electron chi connectivity index (χ4n) is 0. The molecule has 0 aromatic heterocycles. The molecule has 11 heteroatoms. The van der Waals surface area contributed by atoms with Crippen LogP contribution >= 0.6 is 0 Å². The van der Waals surface area contributed by atoms with Crippen molar-refractivity contribution in [1.82, 2.24) is 6.15 Å². The van der Waals surface area contributed by atoms with E-state index in [2.05, 4.69) is 0 Å². The Balaban J connectivity index is -0.0000000383. The van der Waals surface area contributed by atoms with Gasteiger partial charge in [0, 0.05) is 0 Å². The first-order valence-corrected chi connectivity index (χ1v) is 2.40. The minimum Gasteiger partial charge on any atom is -0.369 e. The van der Waals surface area contributed by atoms with Crippen LogP contribution in [-0.4, -0.2) is 5.09 Å². The molecule has 0 aromatic carbocycles. The molecule has 0 bridgehead atoms. The SMILES string of the molecule is O=[N+]([O-])[O-].[NH4+].[Na+].[O-][Cl+3]([O-])([O-])[O-]. The van der Waals surface area contributed by atoms with E-state index in [1.54, 1.807) is 0 Å². The largest absolute Gasteiger partial charge is 1.00 e. The Morgan fingerprint density at radius 3 is 1.00 bits per heavy atom. The van der Waals surface area contributed by atoms with Crippen LogP contribution in [0, 0.1) is 25.6 Å². The fraction of sp³-hybridized carbons (Fsp3) is 0. The van der Waals surface area contributed by atoms with E-state index in [1.165, 1.54) is 0 Å². The van der Waals surface area contributed by atoms with Crippen molar-refractivity contribution in [3.05, 3.63) is 15.3 Å². The predicted molar refractivity (Wildman–Crippen MR) is 16.3 cm³/mol. The molecule has 9 nitrogen and oxygen atoms in total. The molecule has 0 aliphatic heterocycles. The van der Waals surface area contributed by atoms with Crippen LogP contribution in [0.25, 0.3) is 0 Å². The molecule has 0 aliphatic rings. The van der Waals surface area contributed by atoms with Crippen LogP contribution in [0.1, 0.15) is 0 Å². The van der Waals surface area contributed by atoms with Gasteiger partial charge in [-0.1, -0.05) is 0 Å². The summed E-state index contributed by atoms with van der Waals surface area (Å²) in [5.74, 6) is 0. The van der Waals surface area contributed by atoms with Gasteiger partial charge in [0.15, 0.2) is 0 Å². The van der Waals surface area contributed by atoms with Gasteiger partial charge in [-0.2, -0.15) is 0 Å². The number of hydrogen-bond acceptors (Lipinski definition) is 7. The van der Waals surface area contributed by atoms with Crippen molar-refractivity contribution in [2.45, 2.75) is 0 Å². The first-order chi connectivity index (χ1) is 3.73. The zero-order valence-corrected chi connectivity index (χ0v) is 8.44. The Morgan fingerprint density at radius 2 is 1.00 bits per heavy atom. The molecule has 11 heavy (non-hydrogen) atoms. The Labute approximate surface area is 85.0 Å². The van der Waals surface area contributed by atoms with Crippen molar-refractivity contribution in [2.75, 3.05) is 0 Å². The van der Waals surface area contributed by atoms with E-state index in [0.29, 0.717) is 0 Å². The van der Waals surface area contributed by atoms with Gasteiger partial charge in [-0.05, 0) is 0 Å². The summed E-state index contributed by atoms with van der Waals surface area (Å²) in [6, 6.07) is 0. The molecule has 0 atom stereocenters. The van der Waals surface area contributed by atoms with Crippen molar-refractivity contribution >= 4 is 0 Å². The Morgan fingerprint density at radius 1 is 1.00 bits per heavy atom. The van der Waals surface area contributed by atoms with Crippen LogP contribution in [0.15, 0.2) is 0 Å². The first-order valence-electron chi connectivity index (χ1n) is 1.16. The van der Waals surface area contributed by atoms with E-state index >= 15 is 0 Å². The van der Waals surface area contributed by atoms with Crippen LogP contribution in [0.3, 0.4) is 0 Å². The van der Waals surface area contributed by atoms with Gasteiger partial charge in [-0.25, -0.2) is 18.6 Å². The summed E-state index contributed by atoms with van der Waals surface area (Å²) in [6.07, 6.45) is 0. The van der Waals surface area contributed by atoms with Crippen molar-refractivity contribution in [2.24, 2.45) is 0 Å². The molecule has 0 fully saturated rings. The standard InChI is InChI=1S/ClHO4.NO3.H3N.Na/c2-1(3,4)5;2-1(3)4;;/h(H,2,3,4,5);;1H3;/q;-1;;+1. The molecular weight excluding hydrogens is 198 g/mol. The van der Waals surface area contributed by atoms with E-state index < -0.39 is 15.3 Å². The van der Waals surface area contributed by atoms with E-state index in [4.69, 9.17) is 34.0 Å². The maximum absolute atomic E-state index is 8.49. The summed E-state index contributed by atoms with van der Waals surface area (Å²) < 4.78 is 34.0. The van der Waals surface area contributed by atoms with Gasteiger partial charge in [-0.3, -0.25) is 0 Å². The average molecular weight is 202 g/mol. The molecule has 0 saturated heterocycles. The van der Waals surface area contributed by atoms with Crippen molar-refractivity contribution in [1.29, 1.82) is 0 Å². The third kappa shape index (κ3) is 8410. The van der Waals surface area contributed by atoms with Gasteiger partial charge < -0.3 is 21.5 Å². The molecule has 0 saturated carbocycles. The summed E-state index contributed by atoms with van der Waals surface area (Å²) in [5.41, 5.74) is 0. The van der Waals surface area contributed by atoms with Gasteiger partial charge in [0.2, 0.25) is 0 Å². The predicted octanol–water partition coefficient (Wildman–Crippen LogP) is -7.61. The topological polar surface area (TPSA) is 195 Å². The average Bonchev–Trinajstić information content (AvgIpc) is 1.19. The van der Waals surface area contributed by atoms with Gasteiger partial charge in [0.1, 0.15) is 0 Å². The normalized spacial score (nSPS) is 7.64. The molecule has 0 aromatic rings. The van der Waals surface area contributed by atoms with Crippen LogP contribution < -0.4 is 54.3 Å². The zero-order chi connectivity index (χ0) is 8.08. The van der Waals surface area contributed by atoms with Crippen LogP contribution in [0.5, 0.6) is 0 Å². The maximum Gasteiger partial charge on any atom is 1.00 e. The third-order valence-electron chi connectivity index (χ3n) is 0. The van der Waals surface area contributed by atoms with E-state index in [-0.39, 0.29) is 35.7 Å². The summed E-state index contributed by atoms with van der Waals surface area (Å²) in [6.45, 7) is 0. The molecule has 4 N–H and O–H groups in total. The Hall–Kier alpha value is 0.290. The van der Waals surface area contributed by atoms with Gasteiger partial charge in [0.25, 0.3) is 0 Å². The smallest absolute Gasteiger partial charge is 0.369 e. The molecule has 0 unspecified atom stereocenters. The van der Waals surface area contributed by atoms with E-state index in [1.807, 2.05) is 0 Å². The number of hydrogen-bond donors (Lipinski definition) is 1. The molecular formula is H4ClN2NaO7.